The lowest BCUT2D eigenvalue weighted by Gasteiger charge is -2.12. The maximum atomic E-state index is 11.7. The number of amides is 1. The lowest BCUT2D eigenvalue weighted by Crippen LogP contribution is -2.06. The molecule has 0 atom stereocenters. The van der Waals surface area contributed by atoms with E-state index in [2.05, 4.69) is 66.8 Å². The Bertz CT molecular complexity index is 1090. The maximum absolute atomic E-state index is 11.7. The van der Waals surface area contributed by atoms with E-state index in [1.165, 1.54) is 31.7 Å². The highest BCUT2D eigenvalue weighted by Crippen LogP contribution is 2.46. The Balaban J connectivity index is 2.02. The number of hydrogen-bond donors (Lipinski definition) is 1. The molecule has 128 valence electrons. The molecule has 0 saturated heterocycles. The second-order valence-electron chi connectivity index (χ2n) is 6.40. The van der Waals surface area contributed by atoms with Crippen molar-refractivity contribution >= 4 is 33.0 Å². The van der Waals surface area contributed by atoms with Crippen LogP contribution in [0.15, 0.2) is 72.8 Å². The minimum atomic E-state index is -0.0612. The lowest BCUT2D eigenvalue weighted by molar-refractivity contribution is -0.114. The Hall–Kier alpha value is -2.91. The van der Waals surface area contributed by atoms with E-state index in [9.17, 15) is 4.79 Å². The van der Waals surface area contributed by atoms with Crippen molar-refractivity contribution in [2.75, 3.05) is 5.32 Å². The lowest BCUT2D eigenvalue weighted by atomic mass is 9.97. The Morgan fingerprint density at radius 1 is 0.885 bits per heavy atom. The SMILES string of the molecule is CC(=O)Nc1ccccc1-c1c(-c2ccc(C)cc2)sc2ccccc12. The first-order chi connectivity index (χ1) is 12.6. The van der Waals surface area contributed by atoms with Gasteiger partial charge in [-0.1, -0.05) is 66.2 Å². The maximum Gasteiger partial charge on any atom is 0.221 e. The number of hydrogen-bond acceptors (Lipinski definition) is 2. The van der Waals surface area contributed by atoms with E-state index in [1.54, 1.807) is 18.3 Å². The zero-order chi connectivity index (χ0) is 18.1. The van der Waals surface area contributed by atoms with Crippen LogP contribution in [-0.2, 0) is 4.79 Å². The molecule has 1 amide bonds. The molecular formula is C23H19NOS. The quantitative estimate of drug-likeness (QED) is 0.445. The van der Waals surface area contributed by atoms with E-state index in [1.807, 2.05) is 18.2 Å². The molecule has 1 heterocycles. The van der Waals surface area contributed by atoms with Gasteiger partial charge in [-0.2, -0.15) is 0 Å². The highest BCUT2D eigenvalue weighted by molar-refractivity contribution is 7.23. The minimum absolute atomic E-state index is 0.0612. The standard InChI is InChI=1S/C23H19NOS/c1-15-11-13-17(14-12-15)23-22(19-8-4-6-10-21(19)26-23)18-7-3-5-9-20(18)24-16(2)25/h3-14H,1-2H3,(H,24,25). The molecule has 0 unspecified atom stereocenters. The van der Waals surface area contributed by atoms with Gasteiger partial charge in [-0.05, 0) is 24.6 Å². The molecule has 3 aromatic carbocycles. The largest absolute Gasteiger partial charge is 0.326 e. The van der Waals surface area contributed by atoms with Gasteiger partial charge >= 0.3 is 0 Å². The van der Waals surface area contributed by atoms with Crippen LogP contribution in [0, 0.1) is 6.92 Å². The van der Waals surface area contributed by atoms with Gasteiger partial charge < -0.3 is 5.32 Å². The summed E-state index contributed by atoms with van der Waals surface area (Å²) >= 11 is 1.79. The molecule has 0 aliphatic carbocycles. The van der Waals surface area contributed by atoms with Crippen molar-refractivity contribution in [2.45, 2.75) is 13.8 Å². The van der Waals surface area contributed by atoms with Crippen LogP contribution in [0.1, 0.15) is 12.5 Å². The fourth-order valence-corrected chi connectivity index (χ4v) is 4.44. The number of carbonyl (C=O) groups excluding carboxylic acids is 1. The molecule has 0 saturated carbocycles. The first kappa shape index (κ1) is 16.6. The molecule has 1 N–H and O–H groups in total. The topological polar surface area (TPSA) is 29.1 Å². The van der Waals surface area contributed by atoms with E-state index in [0.717, 1.165) is 11.3 Å². The Morgan fingerprint density at radius 3 is 2.35 bits per heavy atom. The first-order valence-electron chi connectivity index (χ1n) is 8.59. The number of thiophene rings is 1. The molecule has 2 nitrogen and oxygen atoms in total. The van der Waals surface area contributed by atoms with Gasteiger partial charge in [0, 0.05) is 38.7 Å². The van der Waals surface area contributed by atoms with Crippen LogP contribution < -0.4 is 5.32 Å². The third-order valence-corrected chi connectivity index (χ3v) is 5.64. The van der Waals surface area contributed by atoms with Gasteiger partial charge in [0.1, 0.15) is 0 Å². The fraction of sp³-hybridized carbons (Fsp3) is 0.0870. The second-order valence-corrected chi connectivity index (χ2v) is 7.45. The van der Waals surface area contributed by atoms with Crippen LogP contribution in [0.2, 0.25) is 0 Å². The molecule has 4 rings (SSSR count). The zero-order valence-electron chi connectivity index (χ0n) is 14.7. The van der Waals surface area contributed by atoms with E-state index >= 15 is 0 Å². The van der Waals surface area contributed by atoms with Crippen molar-refractivity contribution in [3.05, 3.63) is 78.4 Å². The highest BCUT2D eigenvalue weighted by Gasteiger charge is 2.18. The monoisotopic (exact) mass is 357 g/mol. The van der Waals surface area contributed by atoms with Gasteiger partial charge in [0.25, 0.3) is 0 Å². The third kappa shape index (κ3) is 3.02. The number of benzene rings is 3. The summed E-state index contributed by atoms with van der Waals surface area (Å²) in [6, 6.07) is 25.1. The summed E-state index contributed by atoms with van der Waals surface area (Å²) in [5.41, 5.74) is 5.52. The molecule has 3 heteroatoms. The summed E-state index contributed by atoms with van der Waals surface area (Å²) in [6.07, 6.45) is 0. The third-order valence-electron chi connectivity index (χ3n) is 4.42. The summed E-state index contributed by atoms with van der Waals surface area (Å²) in [4.78, 5) is 12.9. The van der Waals surface area contributed by atoms with Crippen LogP contribution in [0.3, 0.4) is 0 Å². The molecule has 26 heavy (non-hydrogen) atoms. The van der Waals surface area contributed by atoms with Crippen LogP contribution in [0.5, 0.6) is 0 Å². The number of nitrogens with one attached hydrogen (secondary N) is 1. The van der Waals surface area contributed by atoms with E-state index < -0.39 is 0 Å². The van der Waals surface area contributed by atoms with Crippen molar-refractivity contribution in [1.82, 2.24) is 0 Å². The smallest absolute Gasteiger partial charge is 0.221 e. The van der Waals surface area contributed by atoms with Gasteiger partial charge in [-0.25, -0.2) is 0 Å². The van der Waals surface area contributed by atoms with E-state index in [-0.39, 0.29) is 5.91 Å². The van der Waals surface area contributed by atoms with Gasteiger partial charge in [0.15, 0.2) is 0 Å². The van der Waals surface area contributed by atoms with Crippen LogP contribution in [0.4, 0.5) is 5.69 Å². The van der Waals surface area contributed by atoms with Gasteiger partial charge in [-0.3, -0.25) is 4.79 Å². The predicted octanol–water partition coefficient (Wildman–Crippen LogP) is 6.50. The second kappa shape index (κ2) is 6.77. The number of para-hydroxylation sites is 1. The summed E-state index contributed by atoms with van der Waals surface area (Å²) in [6.45, 7) is 3.64. The minimum Gasteiger partial charge on any atom is -0.326 e. The number of rotatable bonds is 3. The Labute approximate surface area is 157 Å². The van der Waals surface area contributed by atoms with E-state index in [4.69, 9.17) is 0 Å². The molecule has 0 aliphatic rings. The molecule has 4 aromatic rings. The van der Waals surface area contributed by atoms with Gasteiger partial charge in [-0.15, -0.1) is 11.3 Å². The fourth-order valence-electron chi connectivity index (χ4n) is 3.22. The van der Waals surface area contributed by atoms with Crippen molar-refractivity contribution in [2.24, 2.45) is 0 Å². The average molecular weight is 357 g/mol. The molecule has 0 fully saturated rings. The molecular weight excluding hydrogens is 338 g/mol. The Morgan fingerprint density at radius 2 is 1.58 bits per heavy atom. The average Bonchev–Trinajstić information content (AvgIpc) is 3.02. The first-order valence-corrected chi connectivity index (χ1v) is 9.40. The summed E-state index contributed by atoms with van der Waals surface area (Å²) < 4.78 is 1.25. The molecule has 0 aliphatic heterocycles. The number of anilines is 1. The zero-order valence-corrected chi connectivity index (χ0v) is 15.6. The number of aryl methyl sites for hydroxylation is 1. The van der Waals surface area contributed by atoms with Crippen LogP contribution in [0.25, 0.3) is 31.7 Å². The van der Waals surface area contributed by atoms with Crippen molar-refractivity contribution in [3.63, 3.8) is 0 Å². The van der Waals surface area contributed by atoms with Crippen molar-refractivity contribution in [1.29, 1.82) is 0 Å². The molecule has 0 bridgehead atoms. The van der Waals surface area contributed by atoms with Crippen molar-refractivity contribution < 1.29 is 4.79 Å². The van der Waals surface area contributed by atoms with Gasteiger partial charge in [0.05, 0.1) is 0 Å². The Kier molecular flexibility index (Phi) is 4.31. The number of carbonyl (C=O) groups is 1. The van der Waals surface area contributed by atoms with Gasteiger partial charge in [0.2, 0.25) is 5.91 Å². The van der Waals surface area contributed by atoms with E-state index in [0.29, 0.717) is 0 Å². The normalized spacial score (nSPS) is 10.8. The molecule has 0 radical (unpaired) electrons. The summed E-state index contributed by atoms with van der Waals surface area (Å²) in [7, 11) is 0. The summed E-state index contributed by atoms with van der Waals surface area (Å²) in [5, 5.41) is 4.19. The van der Waals surface area contributed by atoms with Crippen LogP contribution in [-0.4, -0.2) is 5.91 Å². The van der Waals surface area contributed by atoms with Crippen molar-refractivity contribution in [3.8, 4) is 21.6 Å². The summed E-state index contributed by atoms with van der Waals surface area (Å²) in [5.74, 6) is -0.0612. The highest BCUT2D eigenvalue weighted by atomic mass is 32.1. The van der Waals surface area contributed by atoms with Crippen LogP contribution >= 0.6 is 11.3 Å². The number of fused-ring (bicyclic) bond motifs is 1. The molecule has 0 spiro atoms. The predicted molar refractivity (Wildman–Crippen MR) is 112 cm³/mol. The molecule has 1 aromatic heterocycles.